The topological polar surface area (TPSA) is 74.1 Å². The van der Waals surface area contributed by atoms with Gasteiger partial charge in [0.25, 0.3) is 5.91 Å². The highest BCUT2D eigenvalue weighted by molar-refractivity contribution is 8.13. The number of rotatable bonds is 8. The molecule has 2 amide bonds. The lowest BCUT2D eigenvalue weighted by atomic mass is 10.1. The van der Waals surface area contributed by atoms with E-state index in [1.54, 1.807) is 17.0 Å². The summed E-state index contributed by atoms with van der Waals surface area (Å²) in [7, 11) is 0. The Balaban J connectivity index is 1.50. The second-order valence-corrected chi connectivity index (χ2v) is 8.65. The van der Waals surface area contributed by atoms with Gasteiger partial charge in [-0.05, 0) is 42.7 Å². The van der Waals surface area contributed by atoms with Crippen LogP contribution in [0.15, 0.2) is 58.5 Å². The minimum absolute atomic E-state index is 0.0590. The van der Waals surface area contributed by atoms with Crippen molar-refractivity contribution in [3.8, 4) is 0 Å². The Morgan fingerprint density at radius 3 is 2.75 bits per heavy atom. The number of hydrogen-bond donors (Lipinski definition) is 1. The first kappa shape index (κ1) is 22.2. The summed E-state index contributed by atoms with van der Waals surface area (Å²) in [6, 6.07) is 13.3. The van der Waals surface area contributed by atoms with Gasteiger partial charge in [-0.25, -0.2) is 14.3 Å². The van der Waals surface area contributed by atoms with Crippen LogP contribution in [0.4, 0.5) is 10.1 Å². The average Bonchev–Trinajstić information content (AvgIpc) is 3.14. The number of amides is 2. The van der Waals surface area contributed by atoms with Gasteiger partial charge in [0.05, 0.1) is 5.69 Å². The Hall–Kier alpha value is -3.00. The van der Waals surface area contributed by atoms with Crippen LogP contribution in [-0.4, -0.2) is 40.3 Å². The summed E-state index contributed by atoms with van der Waals surface area (Å²) < 4.78 is 13.2. The van der Waals surface area contributed by atoms with Crippen LogP contribution in [0.2, 0.25) is 0 Å². The molecule has 166 valence electrons. The molecule has 2 aromatic carbocycles. The van der Waals surface area contributed by atoms with E-state index in [9.17, 15) is 14.0 Å². The van der Waals surface area contributed by atoms with Crippen molar-refractivity contribution in [2.75, 3.05) is 6.54 Å². The van der Waals surface area contributed by atoms with E-state index in [0.29, 0.717) is 29.7 Å². The third-order valence-corrected chi connectivity index (χ3v) is 6.34. The number of halogens is 1. The number of fused-ring (bicyclic) bond motifs is 3. The molecule has 0 fully saturated rings. The highest BCUT2D eigenvalue weighted by Crippen LogP contribution is 2.35. The van der Waals surface area contributed by atoms with Crippen molar-refractivity contribution in [3.05, 3.63) is 65.5 Å². The number of carbonyl (C=O) groups excluding carboxylic acids is 2. The zero-order valence-corrected chi connectivity index (χ0v) is 18.7. The molecule has 0 aromatic heterocycles. The minimum atomic E-state index is -0.607. The number of benzene rings is 2. The SMILES string of the molecule is CCCCNC(=O)CCC1N=C2c3ccccc3N=C(SCc3ccc(F)cc3)N2C1=O. The van der Waals surface area contributed by atoms with Crippen LogP contribution in [0.25, 0.3) is 0 Å². The number of amidine groups is 2. The van der Waals surface area contributed by atoms with Gasteiger partial charge >= 0.3 is 0 Å². The number of para-hydroxylation sites is 1. The molecule has 0 aliphatic carbocycles. The second kappa shape index (κ2) is 10.1. The van der Waals surface area contributed by atoms with Crippen LogP contribution in [0.1, 0.15) is 43.7 Å². The molecule has 0 radical (unpaired) electrons. The standard InChI is InChI=1S/C24H25FN4O2S/c1-2-3-14-26-21(30)13-12-20-23(31)29-22(27-20)18-6-4-5-7-19(18)28-24(29)32-15-16-8-10-17(25)11-9-16/h4-11,20H,2-3,12-15H2,1H3,(H,26,30). The van der Waals surface area contributed by atoms with Crippen LogP contribution in [0, 0.1) is 5.82 Å². The molecule has 1 N–H and O–H groups in total. The zero-order chi connectivity index (χ0) is 22.5. The maximum absolute atomic E-state index is 13.2. The summed E-state index contributed by atoms with van der Waals surface area (Å²) in [5.74, 6) is 0.618. The van der Waals surface area contributed by atoms with Crippen molar-refractivity contribution in [1.82, 2.24) is 10.2 Å². The van der Waals surface area contributed by atoms with E-state index in [4.69, 9.17) is 4.99 Å². The summed E-state index contributed by atoms with van der Waals surface area (Å²) in [6.07, 6.45) is 2.56. The Bertz CT molecular complexity index is 1070. The molecule has 2 aromatic rings. The Morgan fingerprint density at radius 1 is 1.19 bits per heavy atom. The third-order valence-electron chi connectivity index (χ3n) is 5.33. The van der Waals surface area contributed by atoms with Gasteiger partial charge in [-0.1, -0.05) is 49.4 Å². The molecule has 2 aliphatic heterocycles. The number of carbonyl (C=O) groups is 2. The van der Waals surface area contributed by atoms with Gasteiger partial charge in [-0.2, -0.15) is 0 Å². The van der Waals surface area contributed by atoms with Gasteiger partial charge in [0.15, 0.2) is 5.17 Å². The van der Waals surface area contributed by atoms with Crippen LogP contribution >= 0.6 is 11.8 Å². The van der Waals surface area contributed by atoms with Gasteiger partial charge in [0, 0.05) is 24.3 Å². The fourth-order valence-electron chi connectivity index (χ4n) is 3.58. The molecular weight excluding hydrogens is 427 g/mol. The predicted molar refractivity (Wildman–Crippen MR) is 126 cm³/mol. The molecule has 0 saturated heterocycles. The van der Waals surface area contributed by atoms with Crippen molar-refractivity contribution >= 4 is 40.3 Å². The molecule has 4 rings (SSSR count). The number of thioether (sulfide) groups is 1. The summed E-state index contributed by atoms with van der Waals surface area (Å²) in [4.78, 5) is 36.3. The normalized spacial score (nSPS) is 16.9. The number of nitrogens with one attached hydrogen (secondary N) is 1. The van der Waals surface area contributed by atoms with Crippen molar-refractivity contribution in [3.63, 3.8) is 0 Å². The monoisotopic (exact) mass is 452 g/mol. The first-order valence-electron chi connectivity index (χ1n) is 10.8. The Kier molecular flexibility index (Phi) is 6.99. The van der Waals surface area contributed by atoms with Crippen LogP contribution in [-0.2, 0) is 15.3 Å². The lowest BCUT2D eigenvalue weighted by molar-refractivity contribution is -0.125. The van der Waals surface area contributed by atoms with E-state index in [2.05, 4.69) is 17.2 Å². The average molecular weight is 453 g/mol. The molecule has 2 aliphatic rings. The van der Waals surface area contributed by atoms with E-state index >= 15 is 0 Å². The lowest BCUT2D eigenvalue weighted by Crippen LogP contribution is -2.41. The van der Waals surface area contributed by atoms with Crippen molar-refractivity contribution in [2.24, 2.45) is 9.98 Å². The Morgan fingerprint density at radius 2 is 1.97 bits per heavy atom. The highest BCUT2D eigenvalue weighted by atomic mass is 32.2. The van der Waals surface area contributed by atoms with E-state index < -0.39 is 6.04 Å². The summed E-state index contributed by atoms with van der Waals surface area (Å²) in [5.41, 5.74) is 2.50. The number of nitrogens with zero attached hydrogens (tertiary/aromatic N) is 3. The molecule has 0 spiro atoms. The van der Waals surface area contributed by atoms with Crippen molar-refractivity contribution < 1.29 is 14.0 Å². The first-order valence-corrected chi connectivity index (χ1v) is 11.8. The smallest absolute Gasteiger partial charge is 0.259 e. The summed E-state index contributed by atoms with van der Waals surface area (Å²) in [6.45, 7) is 2.72. The van der Waals surface area contributed by atoms with Crippen molar-refractivity contribution in [2.45, 2.75) is 44.4 Å². The Labute approximate surface area is 191 Å². The summed E-state index contributed by atoms with van der Waals surface area (Å²) in [5, 5.41) is 3.43. The van der Waals surface area contributed by atoms with E-state index in [0.717, 1.165) is 29.7 Å². The van der Waals surface area contributed by atoms with Crippen molar-refractivity contribution in [1.29, 1.82) is 0 Å². The molecule has 6 nitrogen and oxygen atoms in total. The molecule has 8 heteroatoms. The molecule has 0 saturated carbocycles. The fraction of sp³-hybridized carbons (Fsp3) is 0.333. The van der Waals surface area contributed by atoms with E-state index in [-0.39, 0.29) is 24.1 Å². The van der Waals surface area contributed by atoms with Gasteiger partial charge in [-0.15, -0.1) is 0 Å². The zero-order valence-electron chi connectivity index (χ0n) is 17.9. The third kappa shape index (κ3) is 4.91. The summed E-state index contributed by atoms with van der Waals surface area (Å²) >= 11 is 1.41. The second-order valence-electron chi connectivity index (χ2n) is 7.71. The molecule has 0 bridgehead atoms. The van der Waals surface area contributed by atoms with Gasteiger partial charge in [-0.3, -0.25) is 14.6 Å². The molecule has 1 unspecified atom stereocenters. The maximum atomic E-state index is 13.2. The first-order chi connectivity index (χ1) is 15.6. The highest BCUT2D eigenvalue weighted by Gasteiger charge is 2.41. The van der Waals surface area contributed by atoms with Crippen LogP contribution < -0.4 is 5.32 Å². The largest absolute Gasteiger partial charge is 0.356 e. The van der Waals surface area contributed by atoms with E-state index in [1.165, 1.54) is 23.9 Å². The molecule has 2 heterocycles. The van der Waals surface area contributed by atoms with Crippen LogP contribution in [0.5, 0.6) is 0 Å². The lowest BCUT2D eigenvalue weighted by Gasteiger charge is -2.25. The predicted octanol–water partition coefficient (Wildman–Crippen LogP) is 4.41. The number of aliphatic imine (C=N–C) groups is 2. The molecule has 1 atom stereocenters. The van der Waals surface area contributed by atoms with Gasteiger partial charge in [0.1, 0.15) is 17.7 Å². The van der Waals surface area contributed by atoms with Gasteiger partial charge < -0.3 is 5.32 Å². The number of hydrogen-bond acceptors (Lipinski definition) is 5. The van der Waals surface area contributed by atoms with E-state index in [1.807, 2.05) is 24.3 Å². The minimum Gasteiger partial charge on any atom is -0.356 e. The van der Waals surface area contributed by atoms with Gasteiger partial charge in [0.2, 0.25) is 5.91 Å². The van der Waals surface area contributed by atoms with Crippen LogP contribution in [0.3, 0.4) is 0 Å². The molecular formula is C24H25FN4O2S. The molecule has 32 heavy (non-hydrogen) atoms. The fourth-order valence-corrected chi connectivity index (χ4v) is 4.53. The quantitative estimate of drug-likeness (QED) is 0.603. The number of unbranched alkanes of at least 4 members (excludes halogenated alkanes) is 1. The maximum Gasteiger partial charge on any atom is 0.259 e.